The summed E-state index contributed by atoms with van der Waals surface area (Å²) in [5.41, 5.74) is 2.23. The Bertz CT molecular complexity index is 1010. The van der Waals surface area contributed by atoms with Crippen LogP contribution in [0.2, 0.25) is 0 Å². The number of nitrogens with one attached hydrogen (secondary N) is 1. The van der Waals surface area contributed by atoms with Crippen molar-refractivity contribution in [3.8, 4) is 22.1 Å². The first kappa shape index (κ1) is 18.5. The van der Waals surface area contributed by atoms with Gasteiger partial charge in [0.05, 0.1) is 12.7 Å². The molecule has 1 aliphatic heterocycles. The number of amides is 1. The number of hydrogen-bond acceptors (Lipinski definition) is 6. The number of aromatic nitrogens is 3. The summed E-state index contributed by atoms with van der Waals surface area (Å²) in [4.78, 5) is 16.7. The number of fused-ring (bicyclic) bond motifs is 1. The van der Waals surface area contributed by atoms with E-state index in [-0.39, 0.29) is 11.5 Å². The summed E-state index contributed by atoms with van der Waals surface area (Å²) in [5, 5.41) is 9.49. The van der Waals surface area contributed by atoms with Gasteiger partial charge in [0.1, 0.15) is 22.9 Å². The molecular weight excluding hydrogens is 376 g/mol. The van der Waals surface area contributed by atoms with Gasteiger partial charge in [0, 0.05) is 36.2 Å². The smallest absolute Gasteiger partial charge is 0.270 e. The van der Waals surface area contributed by atoms with Gasteiger partial charge in [-0.15, -0.1) is 11.3 Å². The number of carbonyl (C=O) groups excluding carboxylic acids is 1. The predicted molar refractivity (Wildman–Crippen MR) is 107 cm³/mol. The van der Waals surface area contributed by atoms with Gasteiger partial charge in [-0.25, -0.2) is 4.98 Å². The van der Waals surface area contributed by atoms with E-state index in [2.05, 4.69) is 35.3 Å². The van der Waals surface area contributed by atoms with Gasteiger partial charge in [-0.2, -0.15) is 5.10 Å². The number of hydrogen-bond donors (Lipinski definition) is 1. The summed E-state index contributed by atoms with van der Waals surface area (Å²) in [7, 11) is 1.85. The molecule has 1 aliphatic rings. The number of thiazole rings is 1. The van der Waals surface area contributed by atoms with Crippen molar-refractivity contribution in [3.05, 3.63) is 47.2 Å². The lowest BCUT2D eigenvalue weighted by Gasteiger charge is -2.18. The molecule has 28 heavy (non-hydrogen) atoms. The van der Waals surface area contributed by atoms with E-state index >= 15 is 0 Å². The highest BCUT2D eigenvalue weighted by Crippen LogP contribution is 2.41. The van der Waals surface area contributed by atoms with Crippen LogP contribution in [0.25, 0.3) is 10.6 Å². The second-order valence-electron chi connectivity index (χ2n) is 7.33. The highest BCUT2D eigenvalue weighted by atomic mass is 32.1. The first-order valence-corrected chi connectivity index (χ1v) is 9.96. The summed E-state index contributed by atoms with van der Waals surface area (Å²) >= 11 is 1.42. The highest BCUT2D eigenvalue weighted by molar-refractivity contribution is 7.13. The molecule has 0 radical (unpaired) electrons. The van der Waals surface area contributed by atoms with Crippen molar-refractivity contribution >= 4 is 17.2 Å². The number of rotatable bonds is 6. The molecule has 4 rings (SSSR count). The zero-order chi connectivity index (χ0) is 19.7. The maximum absolute atomic E-state index is 12.3. The molecule has 3 aromatic rings. The number of carbonyl (C=O) groups is 1. The molecule has 1 amide bonds. The normalized spacial score (nSPS) is 14.4. The van der Waals surface area contributed by atoms with Crippen LogP contribution >= 0.6 is 11.3 Å². The average Bonchev–Trinajstić information content (AvgIpc) is 3.35. The third-order valence-electron chi connectivity index (χ3n) is 4.39. The van der Waals surface area contributed by atoms with Crippen molar-refractivity contribution < 1.29 is 14.3 Å². The first-order valence-electron chi connectivity index (χ1n) is 9.08. The van der Waals surface area contributed by atoms with Crippen LogP contribution in [0.4, 0.5) is 0 Å². The molecule has 1 N–H and O–H groups in total. The first-order chi connectivity index (χ1) is 13.4. The Hall–Kier alpha value is -2.87. The molecule has 0 saturated carbocycles. The van der Waals surface area contributed by atoms with E-state index in [9.17, 15) is 4.79 Å². The van der Waals surface area contributed by atoms with Crippen molar-refractivity contribution in [2.24, 2.45) is 7.05 Å². The van der Waals surface area contributed by atoms with Crippen molar-refractivity contribution in [3.63, 3.8) is 0 Å². The topological polar surface area (TPSA) is 78.3 Å². The third kappa shape index (κ3) is 3.87. The number of para-hydroxylation sites is 1. The van der Waals surface area contributed by atoms with E-state index in [1.807, 2.05) is 25.4 Å². The molecule has 7 nitrogen and oxygen atoms in total. The second-order valence-corrected chi connectivity index (χ2v) is 8.19. The summed E-state index contributed by atoms with van der Waals surface area (Å²) in [6.45, 7) is 4.85. The quantitative estimate of drug-likeness (QED) is 0.646. The van der Waals surface area contributed by atoms with E-state index in [4.69, 9.17) is 9.47 Å². The monoisotopic (exact) mass is 398 g/mol. The van der Waals surface area contributed by atoms with Crippen molar-refractivity contribution in [1.29, 1.82) is 0 Å². The summed E-state index contributed by atoms with van der Waals surface area (Å²) in [6, 6.07) is 5.91. The fraction of sp³-hybridized carbons (Fsp3) is 0.350. The summed E-state index contributed by atoms with van der Waals surface area (Å²) in [6.07, 6.45) is 4.46. The maximum atomic E-state index is 12.3. The standard InChI is InChI=1S/C20H22N4O3S/c1-20(2)9-13-5-4-6-16(17(13)27-20)26-8-7-21-18(25)15-12-28-19(23-15)14-10-22-24(3)11-14/h4-6,10-12H,7-9H2,1-3H3,(H,21,25). The molecule has 0 aliphatic carbocycles. The minimum Gasteiger partial charge on any atom is -0.488 e. The van der Waals surface area contributed by atoms with Crippen LogP contribution in [0.15, 0.2) is 36.0 Å². The summed E-state index contributed by atoms with van der Waals surface area (Å²) < 4.78 is 13.5. The lowest BCUT2D eigenvalue weighted by molar-refractivity contribution is 0.0942. The number of benzene rings is 1. The minimum atomic E-state index is -0.217. The van der Waals surface area contributed by atoms with Gasteiger partial charge in [-0.3, -0.25) is 9.48 Å². The average molecular weight is 398 g/mol. The van der Waals surface area contributed by atoms with Crippen molar-refractivity contribution in [1.82, 2.24) is 20.1 Å². The molecule has 0 fully saturated rings. The molecule has 1 aromatic carbocycles. The second kappa shape index (κ2) is 7.27. The Kier molecular flexibility index (Phi) is 4.80. The molecule has 0 unspecified atom stereocenters. The molecule has 3 heterocycles. The van der Waals surface area contributed by atoms with E-state index in [1.165, 1.54) is 11.3 Å². The molecule has 0 bridgehead atoms. The lowest BCUT2D eigenvalue weighted by atomic mass is 10.0. The van der Waals surface area contributed by atoms with Gasteiger partial charge >= 0.3 is 0 Å². The van der Waals surface area contributed by atoms with E-state index in [0.717, 1.165) is 28.3 Å². The lowest BCUT2D eigenvalue weighted by Crippen LogP contribution is -2.28. The largest absolute Gasteiger partial charge is 0.488 e. The molecule has 0 saturated heterocycles. The summed E-state index contributed by atoms with van der Waals surface area (Å²) in [5.74, 6) is 1.30. The molecule has 2 aromatic heterocycles. The number of aryl methyl sites for hydroxylation is 1. The van der Waals surface area contributed by atoms with Gasteiger partial charge < -0.3 is 14.8 Å². The van der Waals surface area contributed by atoms with Crippen LogP contribution in [-0.4, -0.2) is 39.4 Å². The van der Waals surface area contributed by atoms with Gasteiger partial charge in [0.15, 0.2) is 11.5 Å². The molecule has 8 heteroatoms. The van der Waals surface area contributed by atoms with E-state index < -0.39 is 0 Å². The van der Waals surface area contributed by atoms with E-state index in [0.29, 0.717) is 24.6 Å². The Morgan fingerprint density at radius 2 is 2.29 bits per heavy atom. The van der Waals surface area contributed by atoms with Crippen molar-refractivity contribution in [2.75, 3.05) is 13.2 Å². The van der Waals surface area contributed by atoms with Crippen molar-refractivity contribution in [2.45, 2.75) is 25.9 Å². The molecular formula is C20H22N4O3S. The Balaban J connectivity index is 1.30. The minimum absolute atomic E-state index is 0.216. The van der Waals surface area contributed by atoms with Crippen LogP contribution < -0.4 is 14.8 Å². The van der Waals surface area contributed by atoms with Gasteiger partial charge in [-0.1, -0.05) is 12.1 Å². The van der Waals surface area contributed by atoms with E-state index in [1.54, 1.807) is 16.3 Å². The predicted octanol–water partition coefficient (Wildman–Crippen LogP) is 3.07. The van der Waals surface area contributed by atoms with Gasteiger partial charge in [0.2, 0.25) is 0 Å². The number of nitrogens with zero attached hydrogens (tertiary/aromatic N) is 3. The van der Waals surface area contributed by atoms with Crippen LogP contribution in [0, 0.1) is 0 Å². The fourth-order valence-corrected chi connectivity index (χ4v) is 3.93. The fourth-order valence-electron chi connectivity index (χ4n) is 3.16. The third-order valence-corrected chi connectivity index (χ3v) is 5.28. The zero-order valence-corrected chi connectivity index (χ0v) is 16.9. The van der Waals surface area contributed by atoms with Crippen LogP contribution in [-0.2, 0) is 13.5 Å². The van der Waals surface area contributed by atoms with Gasteiger partial charge in [0.25, 0.3) is 5.91 Å². The molecule has 146 valence electrons. The highest BCUT2D eigenvalue weighted by Gasteiger charge is 2.32. The Morgan fingerprint density at radius 3 is 3.07 bits per heavy atom. The van der Waals surface area contributed by atoms with Crippen LogP contribution in [0.5, 0.6) is 11.5 Å². The number of ether oxygens (including phenoxy) is 2. The molecule has 0 atom stereocenters. The Morgan fingerprint density at radius 1 is 1.43 bits per heavy atom. The maximum Gasteiger partial charge on any atom is 0.270 e. The molecule has 0 spiro atoms. The van der Waals surface area contributed by atoms with Crippen LogP contribution in [0.3, 0.4) is 0 Å². The zero-order valence-electron chi connectivity index (χ0n) is 16.1. The van der Waals surface area contributed by atoms with Crippen LogP contribution in [0.1, 0.15) is 29.9 Å². The van der Waals surface area contributed by atoms with Gasteiger partial charge in [-0.05, 0) is 19.9 Å². The SMILES string of the molecule is Cn1cc(-c2nc(C(=O)NCCOc3cccc4c3OC(C)(C)C4)cs2)cn1. The Labute approximate surface area is 167 Å².